The number of amides is 2. The lowest BCUT2D eigenvalue weighted by Gasteiger charge is -2.21. The number of halogens is 1. The van der Waals surface area contributed by atoms with Gasteiger partial charge in [-0.15, -0.1) is 0 Å². The highest BCUT2D eigenvalue weighted by Gasteiger charge is 2.40. The molecule has 2 aromatic rings. The van der Waals surface area contributed by atoms with E-state index in [-0.39, 0.29) is 5.56 Å². The summed E-state index contributed by atoms with van der Waals surface area (Å²) in [6, 6.07) is 5.80. The van der Waals surface area contributed by atoms with Gasteiger partial charge in [-0.05, 0) is 30.7 Å². The van der Waals surface area contributed by atoms with Crippen LogP contribution in [0.25, 0.3) is 0 Å². The summed E-state index contributed by atoms with van der Waals surface area (Å²) in [5.41, 5.74) is -0.241. The van der Waals surface area contributed by atoms with Crippen molar-refractivity contribution in [2.24, 2.45) is 0 Å². The Balaban J connectivity index is 1.83. The van der Waals surface area contributed by atoms with Crippen LogP contribution in [0, 0.1) is 12.7 Å². The summed E-state index contributed by atoms with van der Waals surface area (Å²) in [5, 5.41) is 24.5. The number of benzene rings is 2. The lowest BCUT2D eigenvalue weighted by atomic mass is 10.1. The first-order valence-corrected chi connectivity index (χ1v) is 10.5. The van der Waals surface area contributed by atoms with Gasteiger partial charge < -0.3 is 20.8 Å². The zero-order valence-corrected chi connectivity index (χ0v) is 16.2. The maximum atomic E-state index is 14.0. The molecular formula is C19H19FN2O6S. The fourth-order valence-electron chi connectivity index (χ4n) is 3.29. The van der Waals surface area contributed by atoms with E-state index in [0.29, 0.717) is 5.56 Å². The molecule has 8 nitrogen and oxygen atoms in total. The van der Waals surface area contributed by atoms with Crippen LogP contribution in [-0.2, 0) is 9.84 Å². The lowest BCUT2D eigenvalue weighted by Crippen LogP contribution is -2.51. The molecule has 0 bridgehead atoms. The van der Waals surface area contributed by atoms with Crippen molar-refractivity contribution in [3.63, 3.8) is 0 Å². The van der Waals surface area contributed by atoms with Crippen LogP contribution in [-0.4, -0.2) is 54.0 Å². The fourth-order valence-corrected chi connectivity index (χ4v) is 5.16. The standard InChI is InChI=1S/C19H19FN2O6S/c1-10-4-2-5-11(20)16(10)18(25)21-12-8-29(27,28)9-13(12)22-19(26)17-14(23)6-3-7-15(17)24/h2-7,12-13,23-24H,8-9H2,1H3,(H,21,25)(H,22,26). The maximum Gasteiger partial charge on any atom is 0.259 e. The highest BCUT2D eigenvalue weighted by atomic mass is 32.2. The number of phenolic OH excluding ortho intramolecular Hbond substituents is 2. The predicted octanol–water partition coefficient (Wildman–Crippen LogP) is 0.871. The summed E-state index contributed by atoms with van der Waals surface area (Å²) in [6.45, 7) is 1.55. The molecule has 2 amide bonds. The van der Waals surface area contributed by atoms with Gasteiger partial charge in [0.2, 0.25) is 0 Å². The first-order chi connectivity index (χ1) is 13.6. The van der Waals surface area contributed by atoms with Crippen molar-refractivity contribution < 1.29 is 32.6 Å². The molecule has 1 heterocycles. The van der Waals surface area contributed by atoms with E-state index >= 15 is 0 Å². The highest BCUT2D eigenvalue weighted by Crippen LogP contribution is 2.26. The molecule has 1 saturated heterocycles. The Kier molecular flexibility index (Phi) is 5.47. The second-order valence-corrected chi connectivity index (χ2v) is 8.99. The number of rotatable bonds is 4. The molecule has 0 radical (unpaired) electrons. The number of carbonyl (C=O) groups excluding carboxylic acids is 2. The molecule has 2 aromatic carbocycles. The Labute approximate surface area is 166 Å². The van der Waals surface area contributed by atoms with Crippen molar-refractivity contribution in [2.45, 2.75) is 19.0 Å². The molecule has 10 heteroatoms. The molecule has 3 rings (SSSR count). The van der Waals surface area contributed by atoms with Gasteiger partial charge in [-0.1, -0.05) is 18.2 Å². The van der Waals surface area contributed by atoms with E-state index in [2.05, 4.69) is 10.6 Å². The Morgan fingerprint density at radius 2 is 1.41 bits per heavy atom. The molecule has 0 saturated carbocycles. The van der Waals surface area contributed by atoms with Crippen LogP contribution in [0.1, 0.15) is 26.3 Å². The van der Waals surface area contributed by atoms with Gasteiger partial charge >= 0.3 is 0 Å². The average Bonchev–Trinajstić information content (AvgIpc) is 2.87. The number of hydrogen-bond donors (Lipinski definition) is 4. The van der Waals surface area contributed by atoms with Gasteiger partial charge in [-0.2, -0.15) is 0 Å². The lowest BCUT2D eigenvalue weighted by molar-refractivity contribution is 0.0890. The molecule has 0 aliphatic carbocycles. The summed E-state index contributed by atoms with van der Waals surface area (Å²) in [4.78, 5) is 25.0. The molecular weight excluding hydrogens is 403 g/mol. The topological polar surface area (TPSA) is 133 Å². The van der Waals surface area contributed by atoms with Gasteiger partial charge in [-0.25, -0.2) is 12.8 Å². The van der Waals surface area contributed by atoms with Crippen LogP contribution in [0.5, 0.6) is 11.5 Å². The molecule has 29 heavy (non-hydrogen) atoms. The molecule has 0 spiro atoms. The number of phenols is 2. The number of carbonyl (C=O) groups is 2. The van der Waals surface area contributed by atoms with Crippen LogP contribution in [0.15, 0.2) is 36.4 Å². The van der Waals surface area contributed by atoms with Gasteiger partial charge in [0.05, 0.1) is 29.2 Å². The zero-order chi connectivity index (χ0) is 21.3. The molecule has 1 aliphatic rings. The van der Waals surface area contributed by atoms with Crippen molar-refractivity contribution in [2.75, 3.05) is 11.5 Å². The van der Waals surface area contributed by atoms with Gasteiger partial charge in [0.15, 0.2) is 9.84 Å². The average molecular weight is 422 g/mol. The predicted molar refractivity (Wildman–Crippen MR) is 102 cm³/mol. The van der Waals surface area contributed by atoms with Crippen LogP contribution in [0.4, 0.5) is 4.39 Å². The summed E-state index contributed by atoms with van der Waals surface area (Å²) < 4.78 is 38.2. The normalized spacial score (nSPS) is 20.2. The third-order valence-electron chi connectivity index (χ3n) is 4.68. The minimum atomic E-state index is -3.59. The molecule has 0 aromatic heterocycles. The quantitative estimate of drug-likeness (QED) is 0.578. The number of sulfone groups is 1. The third kappa shape index (κ3) is 4.32. The second kappa shape index (κ2) is 7.70. The SMILES string of the molecule is Cc1cccc(F)c1C(=O)NC1CS(=O)(=O)CC1NC(=O)c1c(O)cccc1O. The highest BCUT2D eigenvalue weighted by molar-refractivity contribution is 7.91. The van der Waals surface area contributed by atoms with E-state index in [1.54, 1.807) is 13.0 Å². The number of hydrogen-bond acceptors (Lipinski definition) is 6. The van der Waals surface area contributed by atoms with E-state index in [1.807, 2.05) is 0 Å². The Morgan fingerprint density at radius 3 is 1.93 bits per heavy atom. The monoisotopic (exact) mass is 422 g/mol. The minimum Gasteiger partial charge on any atom is -0.507 e. The van der Waals surface area contributed by atoms with Crippen LogP contribution < -0.4 is 10.6 Å². The first-order valence-electron chi connectivity index (χ1n) is 8.67. The van der Waals surface area contributed by atoms with Crippen LogP contribution in [0.3, 0.4) is 0 Å². The van der Waals surface area contributed by atoms with Gasteiger partial charge in [0.1, 0.15) is 22.9 Å². The Bertz CT molecular complexity index is 966. The molecule has 2 atom stereocenters. The first kappa shape index (κ1) is 20.6. The molecule has 154 valence electrons. The molecule has 2 unspecified atom stereocenters. The van der Waals surface area contributed by atoms with E-state index in [9.17, 15) is 32.6 Å². The summed E-state index contributed by atoms with van der Waals surface area (Å²) >= 11 is 0. The smallest absolute Gasteiger partial charge is 0.259 e. The number of nitrogens with one attached hydrogen (secondary N) is 2. The summed E-state index contributed by atoms with van der Waals surface area (Å²) in [6.07, 6.45) is 0. The fraction of sp³-hybridized carbons (Fsp3) is 0.263. The van der Waals surface area contributed by atoms with E-state index in [4.69, 9.17) is 0 Å². The second-order valence-electron chi connectivity index (χ2n) is 6.84. The van der Waals surface area contributed by atoms with Gasteiger partial charge in [-0.3, -0.25) is 9.59 Å². The number of aryl methyl sites for hydroxylation is 1. The summed E-state index contributed by atoms with van der Waals surface area (Å²) in [7, 11) is -3.59. The van der Waals surface area contributed by atoms with Crippen LogP contribution in [0.2, 0.25) is 0 Å². The maximum absolute atomic E-state index is 14.0. The van der Waals surface area contributed by atoms with Crippen molar-refractivity contribution in [3.8, 4) is 11.5 Å². The zero-order valence-electron chi connectivity index (χ0n) is 15.3. The Hall–Kier alpha value is -3.14. The molecule has 1 aliphatic heterocycles. The van der Waals surface area contributed by atoms with E-state index in [1.165, 1.54) is 24.3 Å². The van der Waals surface area contributed by atoms with E-state index < -0.39 is 68.1 Å². The molecule has 1 fully saturated rings. The van der Waals surface area contributed by atoms with Gasteiger partial charge in [0.25, 0.3) is 11.8 Å². The van der Waals surface area contributed by atoms with E-state index in [0.717, 1.165) is 6.07 Å². The van der Waals surface area contributed by atoms with Crippen molar-refractivity contribution in [3.05, 3.63) is 58.9 Å². The minimum absolute atomic E-state index is 0.208. The molecule has 4 N–H and O–H groups in total. The number of aromatic hydroxyl groups is 2. The summed E-state index contributed by atoms with van der Waals surface area (Å²) in [5.74, 6) is -4.30. The van der Waals surface area contributed by atoms with Crippen molar-refractivity contribution >= 4 is 21.7 Å². The van der Waals surface area contributed by atoms with Crippen molar-refractivity contribution in [1.82, 2.24) is 10.6 Å². The van der Waals surface area contributed by atoms with Crippen molar-refractivity contribution in [1.29, 1.82) is 0 Å². The largest absolute Gasteiger partial charge is 0.507 e. The Morgan fingerprint density at radius 1 is 0.931 bits per heavy atom. The van der Waals surface area contributed by atoms with Crippen LogP contribution >= 0.6 is 0 Å². The van der Waals surface area contributed by atoms with Gasteiger partial charge in [0, 0.05) is 0 Å². The third-order valence-corrected chi connectivity index (χ3v) is 6.42.